The molecule has 2 aromatic carbocycles. The molecular weight excluding hydrogens is 292 g/mol. The molecule has 0 fully saturated rings. The van der Waals surface area contributed by atoms with Gasteiger partial charge in [-0.3, -0.25) is 9.59 Å². The highest BCUT2D eigenvalue weighted by molar-refractivity contribution is 9.10. The molecule has 0 spiro atoms. The predicted octanol–water partition coefficient (Wildman–Crippen LogP) is 3.35. The smallest absolute Gasteiger partial charge is 0.229 e. The molecular formula is C15H9BrO2. The van der Waals surface area contributed by atoms with Gasteiger partial charge >= 0.3 is 0 Å². The number of benzene rings is 2. The van der Waals surface area contributed by atoms with Gasteiger partial charge in [-0.15, -0.1) is 0 Å². The minimum atomic E-state index is -0.443. The summed E-state index contributed by atoms with van der Waals surface area (Å²) in [6.07, 6.45) is 0. The Morgan fingerprint density at radius 3 is 2.28 bits per heavy atom. The fraction of sp³-hybridized carbons (Fsp3) is 0.0667. The van der Waals surface area contributed by atoms with Crippen molar-refractivity contribution in [2.45, 2.75) is 5.92 Å². The monoisotopic (exact) mass is 300 g/mol. The van der Waals surface area contributed by atoms with Gasteiger partial charge in [0.05, 0.1) is 5.92 Å². The Balaban J connectivity index is 2.16. The van der Waals surface area contributed by atoms with E-state index < -0.39 is 5.92 Å². The van der Waals surface area contributed by atoms with Crippen molar-refractivity contribution in [1.29, 1.82) is 0 Å². The molecule has 1 aliphatic rings. The summed E-state index contributed by atoms with van der Waals surface area (Å²) in [4.78, 5) is 24.0. The van der Waals surface area contributed by atoms with Crippen molar-refractivity contribution >= 4 is 27.5 Å². The van der Waals surface area contributed by atoms with Crippen LogP contribution in [0.5, 0.6) is 0 Å². The lowest BCUT2D eigenvalue weighted by atomic mass is 9.92. The summed E-state index contributed by atoms with van der Waals surface area (Å²) in [5, 5.41) is 0. The summed E-state index contributed by atoms with van der Waals surface area (Å²) in [6, 6.07) is 14.7. The second-order valence-electron chi connectivity index (χ2n) is 4.27. The Bertz CT molecular complexity index is 644. The van der Waals surface area contributed by atoms with Crippen molar-refractivity contribution in [2.24, 2.45) is 0 Å². The van der Waals surface area contributed by atoms with E-state index in [0.717, 1.165) is 15.6 Å². The van der Waals surface area contributed by atoms with E-state index >= 15 is 0 Å². The molecule has 3 heteroatoms. The fourth-order valence-corrected chi connectivity index (χ4v) is 2.61. The van der Waals surface area contributed by atoms with Gasteiger partial charge in [-0.1, -0.05) is 52.3 Å². The molecule has 3 rings (SSSR count). The van der Waals surface area contributed by atoms with E-state index in [4.69, 9.17) is 0 Å². The highest BCUT2D eigenvalue weighted by Gasteiger charge is 2.38. The van der Waals surface area contributed by atoms with Crippen LogP contribution in [0.15, 0.2) is 53.0 Å². The summed E-state index contributed by atoms with van der Waals surface area (Å²) < 4.78 is 0.955. The van der Waals surface area contributed by atoms with Crippen molar-refractivity contribution in [3.63, 3.8) is 0 Å². The summed E-state index contributed by atoms with van der Waals surface area (Å²) in [5.41, 5.74) is 2.21. The quantitative estimate of drug-likeness (QED) is 0.757. The van der Waals surface area contributed by atoms with Gasteiger partial charge in [0.15, 0.2) is 0 Å². The Morgan fingerprint density at radius 1 is 0.889 bits per heavy atom. The van der Waals surface area contributed by atoms with Crippen LogP contribution in [-0.4, -0.2) is 11.6 Å². The number of halogens is 1. The highest BCUT2D eigenvalue weighted by Crippen LogP contribution is 2.35. The van der Waals surface area contributed by atoms with Crippen LogP contribution in [0.3, 0.4) is 0 Å². The molecule has 0 aliphatic heterocycles. The Morgan fingerprint density at radius 2 is 1.56 bits per heavy atom. The number of hydrogen-bond acceptors (Lipinski definition) is 2. The Kier molecular flexibility index (Phi) is 2.63. The number of fused-ring (bicyclic) bond motifs is 1. The first kappa shape index (κ1) is 11.4. The van der Waals surface area contributed by atoms with E-state index in [0.29, 0.717) is 5.56 Å². The van der Waals surface area contributed by atoms with Gasteiger partial charge in [-0.2, -0.15) is 0 Å². The molecule has 0 amide bonds. The lowest BCUT2D eigenvalue weighted by molar-refractivity contribution is -0.115. The van der Waals surface area contributed by atoms with Gasteiger partial charge in [0.2, 0.25) is 11.6 Å². The Labute approximate surface area is 113 Å². The molecule has 0 aromatic heterocycles. The van der Waals surface area contributed by atoms with Gasteiger partial charge in [-0.25, -0.2) is 0 Å². The van der Waals surface area contributed by atoms with Gasteiger partial charge < -0.3 is 0 Å². The SMILES string of the molecule is O=C1C(=O)C(c2ccc(Br)cc2)c2ccccc21. The highest BCUT2D eigenvalue weighted by atomic mass is 79.9. The zero-order valence-corrected chi connectivity index (χ0v) is 11.0. The predicted molar refractivity (Wildman–Crippen MR) is 71.8 cm³/mol. The molecule has 0 radical (unpaired) electrons. The number of rotatable bonds is 1. The molecule has 1 unspecified atom stereocenters. The molecule has 0 bridgehead atoms. The van der Waals surface area contributed by atoms with Crippen molar-refractivity contribution in [3.8, 4) is 0 Å². The van der Waals surface area contributed by atoms with E-state index in [-0.39, 0.29) is 11.6 Å². The molecule has 88 valence electrons. The number of Topliss-reactive ketones (excluding diaryl/α,β-unsaturated/α-hetero) is 2. The van der Waals surface area contributed by atoms with Crippen LogP contribution in [0, 0.1) is 0 Å². The number of carbonyl (C=O) groups is 2. The molecule has 18 heavy (non-hydrogen) atoms. The molecule has 0 saturated carbocycles. The first-order valence-electron chi connectivity index (χ1n) is 5.61. The fourth-order valence-electron chi connectivity index (χ4n) is 2.35. The third-order valence-corrected chi connectivity index (χ3v) is 3.73. The number of carbonyl (C=O) groups excluding carboxylic acids is 2. The van der Waals surface area contributed by atoms with Crippen molar-refractivity contribution < 1.29 is 9.59 Å². The summed E-state index contributed by atoms with van der Waals surface area (Å²) in [6.45, 7) is 0. The normalized spacial score (nSPS) is 17.9. The van der Waals surface area contributed by atoms with Crippen molar-refractivity contribution in [1.82, 2.24) is 0 Å². The summed E-state index contributed by atoms with van der Waals surface area (Å²) >= 11 is 3.36. The minimum absolute atomic E-state index is 0.335. The molecule has 2 nitrogen and oxygen atoms in total. The minimum Gasteiger partial charge on any atom is -0.289 e. The van der Waals surface area contributed by atoms with Crippen LogP contribution in [0.25, 0.3) is 0 Å². The van der Waals surface area contributed by atoms with Crippen molar-refractivity contribution in [2.75, 3.05) is 0 Å². The lowest BCUT2D eigenvalue weighted by Crippen LogP contribution is -2.13. The van der Waals surface area contributed by atoms with Gasteiger partial charge in [0.25, 0.3) is 0 Å². The topological polar surface area (TPSA) is 34.1 Å². The van der Waals surface area contributed by atoms with E-state index in [2.05, 4.69) is 15.9 Å². The average Bonchev–Trinajstić information content (AvgIpc) is 2.64. The standard InChI is InChI=1S/C15H9BrO2/c16-10-7-5-9(6-8-10)13-11-3-1-2-4-12(11)14(17)15(13)18/h1-8,13H. The molecule has 1 aliphatic carbocycles. The van der Waals surface area contributed by atoms with Crippen LogP contribution < -0.4 is 0 Å². The largest absolute Gasteiger partial charge is 0.289 e. The maximum Gasteiger partial charge on any atom is 0.229 e. The Hall–Kier alpha value is -1.74. The van der Waals surface area contributed by atoms with E-state index in [1.54, 1.807) is 12.1 Å². The van der Waals surface area contributed by atoms with Gasteiger partial charge in [-0.05, 0) is 23.3 Å². The van der Waals surface area contributed by atoms with E-state index in [9.17, 15) is 9.59 Å². The molecule has 0 heterocycles. The maximum atomic E-state index is 12.1. The van der Waals surface area contributed by atoms with Crippen LogP contribution in [0.2, 0.25) is 0 Å². The van der Waals surface area contributed by atoms with E-state index in [1.165, 1.54) is 0 Å². The maximum absolute atomic E-state index is 12.1. The van der Waals surface area contributed by atoms with Gasteiger partial charge in [0.1, 0.15) is 0 Å². The summed E-state index contributed by atoms with van der Waals surface area (Å²) in [5.74, 6) is -1.15. The number of hydrogen-bond donors (Lipinski definition) is 0. The zero-order chi connectivity index (χ0) is 12.7. The van der Waals surface area contributed by atoms with E-state index in [1.807, 2.05) is 36.4 Å². The average molecular weight is 301 g/mol. The van der Waals surface area contributed by atoms with Crippen molar-refractivity contribution in [3.05, 3.63) is 69.7 Å². The third kappa shape index (κ3) is 1.63. The van der Waals surface area contributed by atoms with Crippen LogP contribution in [0.4, 0.5) is 0 Å². The second-order valence-corrected chi connectivity index (χ2v) is 5.18. The van der Waals surface area contributed by atoms with Gasteiger partial charge in [0, 0.05) is 10.0 Å². The summed E-state index contributed by atoms with van der Waals surface area (Å²) in [7, 11) is 0. The third-order valence-electron chi connectivity index (χ3n) is 3.21. The molecule has 2 aromatic rings. The lowest BCUT2D eigenvalue weighted by Gasteiger charge is -2.09. The molecule has 0 N–H and O–H groups in total. The van der Waals surface area contributed by atoms with Crippen LogP contribution in [-0.2, 0) is 4.79 Å². The molecule has 1 atom stereocenters. The second kappa shape index (κ2) is 4.18. The van der Waals surface area contributed by atoms with Crippen LogP contribution in [0.1, 0.15) is 27.4 Å². The first-order valence-corrected chi connectivity index (χ1v) is 6.40. The zero-order valence-electron chi connectivity index (χ0n) is 9.39. The first-order chi connectivity index (χ1) is 8.68. The molecule has 0 saturated heterocycles. The van der Waals surface area contributed by atoms with Crippen LogP contribution >= 0.6 is 15.9 Å². The number of ketones is 2.